The molecule has 1 saturated heterocycles. The zero-order valence-corrected chi connectivity index (χ0v) is 15.3. The smallest absolute Gasteiger partial charge is 0.359 e. The number of rotatable bonds is 7. The minimum Gasteiger partial charge on any atom is -0.464 e. The molecule has 1 aromatic rings. The molecule has 2 heterocycles. The lowest BCUT2D eigenvalue weighted by Crippen LogP contribution is -2.52. The molecule has 8 nitrogen and oxygen atoms in total. The molecule has 0 spiro atoms. The van der Waals surface area contributed by atoms with Crippen molar-refractivity contribution in [1.82, 2.24) is 14.4 Å². The molecule has 2 rings (SSSR count). The zero-order valence-electron chi connectivity index (χ0n) is 12.8. The van der Waals surface area contributed by atoms with E-state index in [1.807, 2.05) is 0 Å². The van der Waals surface area contributed by atoms with Gasteiger partial charge in [-0.1, -0.05) is 0 Å². The Hall–Kier alpha value is -0.780. The van der Waals surface area contributed by atoms with E-state index in [2.05, 4.69) is 19.1 Å². The summed E-state index contributed by atoms with van der Waals surface area (Å²) in [7, 11) is -1.09. The van der Waals surface area contributed by atoms with Crippen LogP contribution in [0.15, 0.2) is 10.3 Å². The fraction of sp³-hybridized carbons (Fsp3) is 0.667. The van der Waals surface area contributed by atoms with Crippen LogP contribution < -0.4 is 10.0 Å². The molecule has 1 fully saturated rings. The van der Waals surface area contributed by atoms with Crippen LogP contribution in [0.25, 0.3) is 0 Å². The number of esters is 1. The molecule has 0 radical (unpaired) electrons. The van der Waals surface area contributed by atoms with E-state index >= 15 is 0 Å². The number of carbonyl (C=O) groups excluding carboxylic acids is 1. The molecular formula is C12H20ClN3O5S2. The summed E-state index contributed by atoms with van der Waals surface area (Å²) in [5, 5.41) is 4.60. The van der Waals surface area contributed by atoms with Gasteiger partial charge in [-0.25, -0.2) is 17.9 Å². The highest BCUT2D eigenvalue weighted by molar-refractivity contribution is 7.89. The van der Waals surface area contributed by atoms with Gasteiger partial charge in [0, 0.05) is 19.0 Å². The van der Waals surface area contributed by atoms with Gasteiger partial charge >= 0.3 is 5.97 Å². The highest BCUT2D eigenvalue weighted by Gasteiger charge is 2.36. The van der Waals surface area contributed by atoms with E-state index < -0.39 is 21.5 Å². The minimum absolute atomic E-state index is 0. The minimum atomic E-state index is -3.85. The second kappa shape index (κ2) is 8.36. The molecule has 23 heavy (non-hydrogen) atoms. The SMILES string of the molecule is COCC1(CNS(=O)(=O)c2csnc2C(=O)OC)CCCN1.Cl. The summed E-state index contributed by atoms with van der Waals surface area (Å²) >= 11 is 0.894. The number of nitrogens with one attached hydrogen (secondary N) is 2. The third-order valence-corrected chi connectivity index (χ3v) is 5.75. The standard InChI is InChI=1S/C12H19N3O5S2.ClH/c1-19-8-12(4-3-5-13-12)7-14-22(17,18)9-6-21-15-10(9)11(16)20-2;/h6,13-14H,3-5,7-8H2,1-2H3;1H. The molecule has 0 amide bonds. The average Bonchev–Trinajstić information content (AvgIpc) is 3.15. The van der Waals surface area contributed by atoms with E-state index in [9.17, 15) is 13.2 Å². The Labute approximate surface area is 145 Å². The molecule has 11 heteroatoms. The van der Waals surface area contributed by atoms with Gasteiger partial charge in [0.2, 0.25) is 10.0 Å². The second-order valence-electron chi connectivity index (χ2n) is 5.09. The quantitative estimate of drug-likeness (QED) is 0.654. The predicted molar refractivity (Wildman–Crippen MR) is 87.7 cm³/mol. The van der Waals surface area contributed by atoms with Gasteiger partial charge in [0.1, 0.15) is 4.90 Å². The van der Waals surface area contributed by atoms with Crippen molar-refractivity contribution in [3.8, 4) is 0 Å². The van der Waals surface area contributed by atoms with Gasteiger partial charge in [-0.05, 0) is 30.9 Å². The van der Waals surface area contributed by atoms with Crippen LogP contribution in [-0.2, 0) is 19.5 Å². The first-order valence-electron chi connectivity index (χ1n) is 6.70. The van der Waals surface area contributed by atoms with Crippen LogP contribution in [0.1, 0.15) is 23.3 Å². The van der Waals surface area contributed by atoms with Gasteiger partial charge in [-0.2, -0.15) is 4.37 Å². The number of halogens is 1. The summed E-state index contributed by atoms with van der Waals surface area (Å²) in [5.41, 5.74) is -0.614. The van der Waals surface area contributed by atoms with E-state index in [0.29, 0.717) is 6.61 Å². The van der Waals surface area contributed by atoms with Crippen molar-refractivity contribution >= 4 is 39.9 Å². The Morgan fingerprint density at radius 3 is 2.83 bits per heavy atom. The van der Waals surface area contributed by atoms with Crippen LogP contribution in [0, 0.1) is 0 Å². The van der Waals surface area contributed by atoms with Gasteiger partial charge in [0.15, 0.2) is 5.69 Å². The topological polar surface area (TPSA) is 107 Å². The molecule has 2 N–H and O–H groups in total. The van der Waals surface area contributed by atoms with Crippen LogP contribution in [0.3, 0.4) is 0 Å². The lowest BCUT2D eigenvalue weighted by molar-refractivity contribution is 0.0591. The molecule has 0 saturated carbocycles. The van der Waals surface area contributed by atoms with Crippen molar-refractivity contribution in [3.63, 3.8) is 0 Å². The molecule has 132 valence electrons. The lowest BCUT2D eigenvalue weighted by atomic mass is 9.99. The molecule has 1 unspecified atom stereocenters. The van der Waals surface area contributed by atoms with Crippen LogP contribution >= 0.6 is 23.9 Å². The number of ether oxygens (including phenoxy) is 2. The molecule has 1 atom stereocenters. The summed E-state index contributed by atoms with van der Waals surface area (Å²) in [6.07, 6.45) is 1.77. The van der Waals surface area contributed by atoms with Crippen molar-refractivity contribution in [1.29, 1.82) is 0 Å². The normalized spacial score (nSPS) is 21.0. The van der Waals surface area contributed by atoms with Crippen LogP contribution in [0.5, 0.6) is 0 Å². The van der Waals surface area contributed by atoms with Gasteiger partial charge in [0.25, 0.3) is 0 Å². The summed E-state index contributed by atoms with van der Waals surface area (Å²) in [6.45, 7) is 1.40. The molecule has 1 aliphatic heterocycles. The maximum absolute atomic E-state index is 12.4. The number of sulfonamides is 1. The van der Waals surface area contributed by atoms with Crippen LogP contribution in [0.2, 0.25) is 0 Å². The van der Waals surface area contributed by atoms with E-state index in [4.69, 9.17) is 4.74 Å². The molecule has 0 bridgehead atoms. The highest BCUT2D eigenvalue weighted by atomic mass is 35.5. The van der Waals surface area contributed by atoms with E-state index in [1.54, 1.807) is 7.11 Å². The molecular weight excluding hydrogens is 366 g/mol. The van der Waals surface area contributed by atoms with Gasteiger partial charge in [-0.15, -0.1) is 12.4 Å². The van der Waals surface area contributed by atoms with Crippen molar-refractivity contribution < 1.29 is 22.7 Å². The van der Waals surface area contributed by atoms with E-state index in [1.165, 1.54) is 12.5 Å². The molecule has 1 aromatic heterocycles. The number of methoxy groups -OCH3 is 2. The van der Waals surface area contributed by atoms with Crippen LogP contribution in [-0.4, -0.2) is 58.2 Å². The van der Waals surface area contributed by atoms with Crippen molar-refractivity contribution in [2.45, 2.75) is 23.3 Å². The average molecular weight is 386 g/mol. The Morgan fingerprint density at radius 2 is 2.26 bits per heavy atom. The Balaban J connectivity index is 0.00000264. The Bertz CT molecular complexity index is 628. The van der Waals surface area contributed by atoms with Gasteiger partial charge in [0.05, 0.1) is 19.3 Å². The maximum Gasteiger partial charge on any atom is 0.359 e. The van der Waals surface area contributed by atoms with E-state index in [0.717, 1.165) is 30.9 Å². The lowest BCUT2D eigenvalue weighted by Gasteiger charge is -2.28. The number of hydrogen-bond acceptors (Lipinski definition) is 8. The fourth-order valence-corrected chi connectivity index (χ4v) is 4.67. The summed E-state index contributed by atoms with van der Waals surface area (Å²) in [4.78, 5) is 11.4. The predicted octanol–water partition coefficient (Wildman–Crippen LogP) is 0.398. The largest absolute Gasteiger partial charge is 0.464 e. The number of carbonyl (C=O) groups is 1. The maximum atomic E-state index is 12.4. The molecule has 1 aliphatic rings. The number of hydrogen-bond donors (Lipinski definition) is 2. The highest BCUT2D eigenvalue weighted by Crippen LogP contribution is 2.22. The van der Waals surface area contributed by atoms with E-state index in [-0.39, 0.29) is 29.5 Å². The first kappa shape index (κ1) is 20.3. The van der Waals surface area contributed by atoms with Crippen LogP contribution in [0.4, 0.5) is 0 Å². The van der Waals surface area contributed by atoms with Crippen molar-refractivity contribution in [3.05, 3.63) is 11.1 Å². The fourth-order valence-electron chi connectivity index (χ4n) is 2.43. The van der Waals surface area contributed by atoms with Crippen molar-refractivity contribution in [2.75, 3.05) is 33.9 Å². The number of nitrogens with zero attached hydrogens (tertiary/aromatic N) is 1. The first-order chi connectivity index (χ1) is 10.4. The van der Waals surface area contributed by atoms with Gasteiger partial charge in [-0.3, -0.25) is 0 Å². The third-order valence-electron chi connectivity index (χ3n) is 3.56. The number of aromatic nitrogens is 1. The van der Waals surface area contributed by atoms with Gasteiger partial charge < -0.3 is 14.8 Å². The summed E-state index contributed by atoms with van der Waals surface area (Å²) in [5.74, 6) is -0.771. The molecule has 0 aliphatic carbocycles. The Morgan fingerprint density at radius 1 is 1.52 bits per heavy atom. The Kier molecular flexibility index (Phi) is 7.36. The monoisotopic (exact) mass is 385 g/mol. The summed E-state index contributed by atoms with van der Waals surface area (Å²) < 4.78 is 40.9. The summed E-state index contributed by atoms with van der Waals surface area (Å²) in [6, 6.07) is 0. The second-order valence-corrected chi connectivity index (χ2v) is 7.45. The van der Waals surface area contributed by atoms with Crippen molar-refractivity contribution in [2.24, 2.45) is 0 Å². The third kappa shape index (κ3) is 4.61. The molecule has 0 aromatic carbocycles. The first-order valence-corrected chi connectivity index (χ1v) is 9.02. The zero-order chi connectivity index (χ0) is 16.2.